The summed E-state index contributed by atoms with van der Waals surface area (Å²) >= 11 is 6.39. The Hall–Kier alpha value is -2.74. The number of nitrogens with two attached hydrogens (primary N) is 1. The third-order valence-corrected chi connectivity index (χ3v) is 5.38. The van der Waals surface area contributed by atoms with E-state index in [0.717, 1.165) is 30.4 Å². The Balaban J connectivity index is 2.37. The highest BCUT2D eigenvalue weighted by molar-refractivity contribution is 6.31. The van der Waals surface area contributed by atoms with E-state index in [1.54, 1.807) is 6.07 Å². The molecule has 0 bridgehead atoms. The van der Waals surface area contributed by atoms with Gasteiger partial charge in [-0.3, -0.25) is 0 Å². The molecule has 2 aliphatic rings. The van der Waals surface area contributed by atoms with E-state index in [1.165, 1.54) is 0 Å². The van der Waals surface area contributed by atoms with E-state index in [1.807, 2.05) is 24.3 Å². The minimum absolute atomic E-state index is 0.0457. The van der Waals surface area contributed by atoms with Crippen LogP contribution in [0.4, 0.5) is 0 Å². The minimum Gasteiger partial charge on any atom is -0.399 e. The van der Waals surface area contributed by atoms with E-state index in [2.05, 4.69) is 18.2 Å². The van der Waals surface area contributed by atoms with Crippen LogP contribution in [-0.4, -0.2) is 0 Å². The maximum atomic E-state index is 9.88. The van der Waals surface area contributed by atoms with Crippen LogP contribution in [0, 0.1) is 45.3 Å². The molecule has 0 spiro atoms. The molecule has 2 atom stereocenters. The second-order valence-corrected chi connectivity index (χ2v) is 6.54. The first kappa shape index (κ1) is 16.1. The predicted octanol–water partition coefficient (Wildman–Crippen LogP) is 3.93. The molecule has 0 heterocycles. The van der Waals surface area contributed by atoms with Crippen molar-refractivity contribution in [2.75, 3.05) is 0 Å². The fourth-order valence-corrected chi connectivity index (χ4v) is 4.20. The van der Waals surface area contributed by atoms with Crippen molar-refractivity contribution in [3.05, 3.63) is 57.8 Å². The van der Waals surface area contributed by atoms with Gasteiger partial charge >= 0.3 is 0 Å². The zero-order valence-corrected chi connectivity index (χ0v) is 13.7. The summed E-state index contributed by atoms with van der Waals surface area (Å²) in [5, 5.41) is 29.8. The van der Waals surface area contributed by atoms with Gasteiger partial charge in [-0.2, -0.15) is 15.8 Å². The van der Waals surface area contributed by atoms with Crippen molar-refractivity contribution in [2.45, 2.75) is 25.2 Å². The van der Waals surface area contributed by atoms with Crippen LogP contribution < -0.4 is 5.73 Å². The Morgan fingerprint density at radius 3 is 2.50 bits per heavy atom. The summed E-state index contributed by atoms with van der Waals surface area (Å²) in [6, 6.07) is 13.6. The highest BCUT2D eigenvalue weighted by Gasteiger charge is 2.54. The Morgan fingerprint density at radius 2 is 1.88 bits per heavy atom. The second-order valence-electron chi connectivity index (χ2n) is 6.13. The predicted molar refractivity (Wildman–Crippen MR) is 90.1 cm³/mol. The van der Waals surface area contributed by atoms with Crippen LogP contribution >= 0.6 is 11.6 Å². The van der Waals surface area contributed by atoms with Crippen LogP contribution in [0.3, 0.4) is 0 Å². The lowest BCUT2D eigenvalue weighted by Gasteiger charge is -2.43. The highest BCUT2D eigenvalue weighted by atomic mass is 35.5. The summed E-state index contributed by atoms with van der Waals surface area (Å²) in [5.41, 5.74) is 6.53. The largest absolute Gasteiger partial charge is 0.399 e. The zero-order valence-electron chi connectivity index (χ0n) is 13.0. The lowest BCUT2D eigenvalue weighted by Crippen LogP contribution is -2.42. The van der Waals surface area contributed by atoms with Gasteiger partial charge in [0, 0.05) is 10.9 Å². The number of hydrogen-bond donors (Lipinski definition) is 1. The van der Waals surface area contributed by atoms with Crippen molar-refractivity contribution in [2.24, 2.45) is 17.1 Å². The summed E-state index contributed by atoms with van der Waals surface area (Å²) in [6.07, 6.45) is 4.62. The van der Waals surface area contributed by atoms with Gasteiger partial charge in [-0.05, 0) is 42.4 Å². The Kier molecular flexibility index (Phi) is 4.06. The van der Waals surface area contributed by atoms with Gasteiger partial charge in [0.1, 0.15) is 6.07 Å². The monoisotopic (exact) mass is 334 g/mol. The average Bonchev–Trinajstić information content (AvgIpc) is 2.62. The SMILES string of the molecule is N#CC1=C(N)C(C#N)(C#N)[C@H](c2ccccc2Cl)[C@H]2CCCC=C12. The number of benzene rings is 1. The number of fused-ring (bicyclic) bond motifs is 1. The van der Waals surface area contributed by atoms with Crippen molar-refractivity contribution in [1.82, 2.24) is 0 Å². The van der Waals surface area contributed by atoms with Crippen LogP contribution in [-0.2, 0) is 0 Å². The first-order chi connectivity index (χ1) is 11.6. The third-order valence-electron chi connectivity index (χ3n) is 5.04. The molecule has 1 aromatic carbocycles. The molecule has 0 fully saturated rings. The molecule has 0 saturated carbocycles. The van der Waals surface area contributed by atoms with Crippen LogP contribution in [0.5, 0.6) is 0 Å². The molecule has 0 amide bonds. The van der Waals surface area contributed by atoms with E-state index in [9.17, 15) is 15.8 Å². The molecule has 5 heteroatoms. The molecule has 0 aliphatic heterocycles. The van der Waals surface area contributed by atoms with E-state index in [0.29, 0.717) is 5.02 Å². The van der Waals surface area contributed by atoms with Crippen molar-refractivity contribution < 1.29 is 0 Å². The van der Waals surface area contributed by atoms with Gasteiger partial charge in [-0.15, -0.1) is 0 Å². The zero-order chi connectivity index (χ0) is 17.3. The highest BCUT2D eigenvalue weighted by Crippen LogP contribution is 2.56. The maximum absolute atomic E-state index is 9.88. The van der Waals surface area contributed by atoms with Crippen molar-refractivity contribution >= 4 is 11.6 Å². The molecular weight excluding hydrogens is 320 g/mol. The van der Waals surface area contributed by atoms with Gasteiger partial charge < -0.3 is 5.73 Å². The lowest BCUT2D eigenvalue weighted by molar-refractivity contribution is 0.317. The summed E-state index contributed by atoms with van der Waals surface area (Å²) in [7, 11) is 0. The number of nitriles is 3. The van der Waals surface area contributed by atoms with Gasteiger partial charge in [0.05, 0.1) is 23.4 Å². The molecule has 0 unspecified atom stereocenters. The fraction of sp³-hybridized carbons (Fsp3) is 0.316. The van der Waals surface area contributed by atoms with Gasteiger partial charge in [0.25, 0.3) is 0 Å². The molecule has 2 aliphatic carbocycles. The number of halogens is 1. The van der Waals surface area contributed by atoms with Crippen LogP contribution in [0.1, 0.15) is 30.7 Å². The smallest absolute Gasteiger partial charge is 0.191 e. The van der Waals surface area contributed by atoms with E-state index in [4.69, 9.17) is 17.3 Å². The van der Waals surface area contributed by atoms with Gasteiger partial charge in [-0.25, -0.2) is 0 Å². The molecule has 0 aromatic heterocycles. The molecule has 0 saturated heterocycles. The molecule has 2 N–H and O–H groups in total. The molecule has 3 rings (SSSR count). The first-order valence-electron chi connectivity index (χ1n) is 7.78. The van der Waals surface area contributed by atoms with E-state index < -0.39 is 11.3 Å². The van der Waals surface area contributed by atoms with Crippen LogP contribution in [0.15, 0.2) is 47.2 Å². The standard InChI is InChI=1S/C19H15ClN4/c20-16-8-4-3-7-14(16)17-13-6-2-1-5-12(13)15(9-21)18(24)19(17,10-22)11-23/h3-5,7-8,13,17H,1-2,6,24H2/t13-,17-/m0/s1. The molecular formula is C19H15ClN4. The average molecular weight is 335 g/mol. The third kappa shape index (κ3) is 2.10. The quantitative estimate of drug-likeness (QED) is 0.841. The Morgan fingerprint density at radius 1 is 1.17 bits per heavy atom. The van der Waals surface area contributed by atoms with Crippen molar-refractivity contribution in [1.29, 1.82) is 15.8 Å². The van der Waals surface area contributed by atoms with Crippen molar-refractivity contribution in [3.8, 4) is 18.2 Å². The van der Waals surface area contributed by atoms with Crippen molar-refractivity contribution in [3.63, 3.8) is 0 Å². The molecule has 0 radical (unpaired) electrons. The van der Waals surface area contributed by atoms with Gasteiger partial charge in [-0.1, -0.05) is 35.9 Å². The van der Waals surface area contributed by atoms with Gasteiger partial charge in [0.15, 0.2) is 5.41 Å². The number of hydrogen-bond acceptors (Lipinski definition) is 4. The first-order valence-corrected chi connectivity index (χ1v) is 8.16. The van der Waals surface area contributed by atoms with E-state index in [-0.39, 0.29) is 17.2 Å². The van der Waals surface area contributed by atoms with Crippen LogP contribution in [0.2, 0.25) is 5.02 Å². The number of nitrogens with zero attached hydrogens (tertiary/aromatic N) is 3. The minimum atomic E-state index is -1.59. The second kappa shape index (κ2) is 6.04. The lowest BCUT2D eigenvalue weighted by atomic mass is 9.57. The number of allylic oxidation sites excluding steroid dienone is 4. The summed E-state index contributed by atoms with van der Waals surface area (Å²) in [6.45, 7) is 0. The topological polar surface area (TPSA) is 97.4 Å². The van der Waals surface area contributed by atoms with E-state index >= 15 is 0 Å². The maximum Gasteiger partial charge on any atom is 0.191 e. The Labute approximate surface area is 146 Å². The van der Waals surface area contributed by atoms with Gasteiger partial charge in [0.2, 0.25) is 0 Å². The fourth-order valence-electron chi connectivity index (χ4n) is 3.94. The molecule has 118 valence electrons. The Bertz CT molecular complexity index is 862. The number of rotatable bonds is 1. The normalized spacial score (nSPS) is 24.8. The summed E-state index contributed by atoms with van der Waals surface area (Å²) in [4.78, 5) is 0. The van der Waals surface area contributed by atoms with Crippen LogP contribution in [0.25, 0.3) is 0 Å². The molecule has 4 nitrogen and oxygen atoms in total. The summed E-state index contributed by atoms with van der Waals surface area (Å²) < 4.78 is 0. The summed E-state index contributed by atoms with van der Waals surface area (Å²) in [5.74, 6) is -0.593. The molecule has 1 aromatic rings. The molecule has 24 heavy (non-hydrogen) atoms.